The van der Waals surface area contributed by atoms with Crippen molar-refractivity contribution in [3.63, 3.8) is 0 Å². The van der Waals surface area contributed by atoms with Gasteiger partial charge in [0.1, 0.15) is 0 Å². The average molecular weight is 1180 g/mol. The van der Waals surface area contributed by atoms with Crippen LogP contribution in [0.4, 0.5) is 51.2 Å². The zero-order valence-corrected chi connectivity index (χ0v) is 58.9. The number of nitrogens with zero attached hydrogens (tertiary/aromatic N) is 3. The Kier molecular flexibility index (Phi) is 13.5. The molecule has 3 aliphatic carbocycles. The topological polar surface area (TPSA) is 9.72 Å². The van der Waals surface area contributed by atoms with Gasteiger partial charge in [0.05, 0.1) is 5.69 Å². The highest BCUT2D eigenvalue weighted by atomic mass is 15.2. The monoisotopic (exact) mass is 1180 g/mol. The number of anilines is 9. The smallest absolute Gasteiger partial charge is 0.252 e. The van der Waals surface area contributed by atoms with E-state index in [1.807, 2.05) is 0 Å². The minimum Gasteiger partial charge on any atom is -0.311 e. The number of hydrogen-bond donors (Lipinski definition) is 0. The van der Waals surface area contributed by atoms with Crippen molar-refractivity contribution >= 4 is 74.3 Å². The van der Waals surface area contributed by atoms with E-state index in [1.165, 1.54) is 146 Å². The molecule has 0 aromatic heterocycles. The maximum atomic E-state index is 2.79. The van der Waals surface area contributed by atoms with Gasteiger partial charge in [-0.3, -0.25) is 0 Å². The van der Waals surface area contributed by atoms with E-state index < -0.39 is 0 Å². The van der Waals surface area contributed by atoms with Crippen molar-refractivity contribution in [1.29, 1.82) is 0 Å². The maximum absolute atomic E-state index is 2.79. The van der Waals surface area contributed by atoms with Crippen LogP contribution in [0, 0.1) is 13.8 Å². The molecule has 0 atom stereocenters. The molecule has 89 heavy (non-hydrogen) atoms. The molecule has 8 aromatic carbocycles. The van der Waals surface area contributed by atoms with E-state index in [0.717, 1.165) is 24.9 Å². The van der Waals surface area contributed by atoms with Crippen molar-refractivity contribution in [3.05, 3.63) is 200 Å². The Morgan fingerprint density at radius 1 is 0.393 bits per heavy atom. The van der Waals surface area contributed by atoms with Gasteiger partial charge in [-0.1, -0.05) is 225 Å². The van der Waals surface area contributed by atoms with Crippen molar-refractivity contribution in [1.82, 2.24) is 0 Å². The van der Waals surface area contributed by atoms with Crippen molar-refractivity contribution in [3.8, 4) is 11.1 Å². The number of hydrogen-bond acceptors (Lipinski definition) is 3. The quantitative estimate of drug-likeness (QED) is 0.159. The molecule has 0 fully saturated rings. The van der Waals surface area contributed by atoms with Gasteiger partial charge in [-0.25, -0.2) is 0 Å². The molecule has 3 nitrogen and oxygen atoms in total. The second-order valence-electron chi connectivity index (χ2n) is 35.4. The third-order valence-corrected chi connectivity index (χ3v) is 22.6. The maximum Gasteiger partial charge on any atom is 0.252 e. The van der Waals surface area contributed by atoms with E-state index in [2.05, 4.69) is 314 Å². The first-order valence-corrected chi connectivity index (χ1v) is 33.8. The van der Waals surface area contributed by atoms with E-state index in [0.29, 0.717) is 0 Å². The van der Waals surface area contributed by atoms with Gasteiger partial charge >= 0.3 is 0 Å². The lowest BCUT2D eigenvalue weighted by Crippen LogP contribution is -2.62. The van der Waals surface area contributed by atoms with E-state index in [1.54, 1.807) is 0 Å². The lowest BCUT2D eigenvalue weighted by atomic mass is 9.33. The summed E-state index contributed by atoms with van der Waals surface area (Å²) in [4.78, 5) is 8.15. The van der Waals surface area contributed by atoms with Crippen LogP contribution in [0.25, 0.3) is 11.1 Å². The van der Waals surface area contributed by atoms with Crippen LogP contribution in [-0.2, 0) is 48.7 Å². The van der Waals surface area contributed by atoms with Crippen molar-refractivity contribution in [2.24, 2.45) is 0 Å². The Bertz CT molecular complexity index is 4200. The molecule has 2 aliphatic heterocycles. The first-order valence-electron chi connectivity index (χ1n) is 33.8. The Balaban J connectivity index is 1.19. The van der Waals surface area contributed by atoms with E-state index in [4.69, 9.17) is 0 Å². The minimum atomic E-state index is -0.317. The Labute approximate surface area is 537 Å². The van der Waals surface area contributed by atoms with Crippen LogP contribution in [0.3, 0.4) is 0 Å². The van der Waals surface area contributed by atoms with Crippen LogP contribution < -0.4 is 31.1 Å². The SMILES string of the molecule is Cc1cc(C(C)(C)C)ccc1N(c1ccc2c(c1)N(c1ccc(C(C)(C)C)c3c1C(C)(C)c1ccccc1-3)c1cc(C(C)(C)C)cc3c1B2c1cc2c(cc1N3c1ccc3c(c1)C(C)(C)CCC3(C)C)C(C)(C)CCC2(C)C)c1ccc(C(C)(C)C)cc1C. The van der Waals surface area contributed by atoms with E-state index in [-0.39, 0.29) is 55.4 Å². The molecular weight excluding hydrogens is 1070 g/mol. The van der Waals surface area contributed by atoms with Gasteiger partial charge in [0.15, 0.2) is 0 Å². The van der Waals surface area contributed by atoms with Crippen molar-refractivity contribution in [2.75, 3.05) is 14.7 Å². The van der Waals surface area contributed by atoms with E-state index >= 15 is 0 Å². The summed E-state index contributed by atoms with van der Waals surface area (Å²) in [5.74, 6) is 0. The molecule has 0 bridgehead atoms. The summed E-state index contributed by atoms with van der Waals surface area (Å²) in [5.41, 5.74) is 34.3. The fourth-order valence-electron chi connectivity index (χ4n) is 16.7. The Morgan fingerprint density at radius 3 is 1.44 bits per heavy atom. The standard InChI is InChI=1S/C85H102BN3/c1-51-43-53(77(3,4)5)29-36-67(51)87(68-37-30-54(44-52(68)2)78(6,7)8)57-32-35-65-70(48-57)89(69-38-34-61(80(12,13)14)74-58-27-25-26-28-59(58)85(23,24)75(69)74)73-46-55(79(9,10)11)45-72-76(73)86(65)66-49-63-64(84(21,22)42-41-83(63,19)20)50-71(66)88(72)56-31-33-60-62(47-56)82(17,18)40-39-81(60,15)16/h25-38,43-50H,39-42H2,1-24H3. The zero-order chi connectivity index (χ0) is 64.2. The van der Waals surface area contributed by atoms with Gasteiger partial charge in [-0.15, -0.1) is 0 Å². The summed E-state index contributed by atoms with van der Waals surface area (Å²) >= 11 is 0. The van der Waals surface area contributed by atoms with Crippen molar-refractivity contribution in [2.45, 2.75) is 241 Å². The molecule has 8 aromatic rings. The number of aryl methyl sites for hydroxylation is 2. The summed E-state index contributed by atoms with van der Waals surface area (Å²) in [6, 6.07) is 54.8. The molecule has 4 heteroatoms. The number of rotatable bonds is 5. The molecular formula is C85H102BN3. The largest absolute Gasteiger partial charge is 0.311 e. The number of benzene rings is 8. The van der Waals surface area contributed by atoms with Gasteiger partial charge in [-0.2, -0.15) is 0 Å². The summed E-state index contributed by atoms with van der Waals surface area (Å²) < 4.78 is 0. The van der Waals surface area contributed by atoms with Crippen LogP contribution in [0.2, 0.25) is 0 Å². The third kappa shape index (κ3) is 9.54. The highest BCUT2D eigenvalue weighted by molar-refractivity contribution is 7.00. The number of fused-ring (bicyclic) bond motifs is 9. The molecule has 0 unspecified atom stereocenters. The van der Waals surface area contributed by atoms with Crippen LogP contribution >= 0.6 is 0 Å². The fourth-order valence-corrected chi connectivity index (χ4v) is 16.7. The predicted octanol–water partition coefficient (Wildman–Crippen LogP) is 22.1. The minimum absolute atomic E-state index is 0.00214. The highest BCUT2D eigenvalue weighted by Crippen LogP contribution is 2.60. The summed E-state index contributed by atoms with van der Waals surface area (Å²) in [6.45, 7) is 58.0. The van der Waals surface area contributed by atoms with Gasteiger partial charge < -0.3 is 14.7 Å². The second-order valence-corrected chi connectivity index (χ2v) is 35.4. The molecule has 13 rings (SSSR count). The zero-order valence-electron chi connectivity index (χ0n) is 58.9. The average Bonchev–Trinajstić information content (AvgIpc) is 1.49. The van der Waals surface area contributed by atoms with Crippen LogP contribution in [-0.4, -0.2) is 6.71 Å². The fraction of sp³-hybridized carbons (Fsp3) is 0.435. The predicted molar refractivity (Wildman–Crippen MR) is 388 cm³/mol. The summed E-state index contributed by atoms with van der Waals surface area (Å²) in [5, 5.41) is 0. The van der Waals surface area contributed by atoms with E-state index in [9.17, 15) is 0 Å². The summed E-state index contributed by atoms with van der Waals surface area (Å²) in [7, 11) is 0. The van der Waals surface area contributed by atoms with Gasteiger partial charge in [-0.05, 0) is 238 Å². The third-order valence-electron chi connectivity index (χ3n) is 22.6. The lowest BCUT2D eigenvalue weighted by Gasteiger charge is -2.49. The van der Waals surface area contributed by atoms with Gasteiger partial charge in [0.2, 0.25) is 0 Å². The van der Waals surface area contributed by atoms with Gasteiger partial charge in [0.25, 0.3) is 6.71 Å². The van der Waals surface area contributed by atoms with Crippen LogP contribution in [0.15, 0.2) is 133 Å². The van der Waals surface area contributed by atoms with Crippen LogP contribution in [0.1, 0.15) is 245 Å². The van der Waals surface area contributed by atoms with Gasteiger partial charge in [0, 0.05) is 50.9 Å². The molecule has 460 valence electrons. The molecule has 0 radical (unpaired) electrons. The molecule has 2 heterocycles. The first-order chi connectivity index (χ1) is 41.2. The normalized spacial score (nSPS) is 18.1. The Hall–Kier alpha value is -6.78. The molecule has 0 amide bonds. The molecule has 0 N–H and O–H groups in total. The van der Waals surface area contributed by atoms with Crippen molar-refractivity contribution < 1.29 is 0 Å². The molecule has 0 saturated heterocycles. The Morgan fingerprint density at radius 2 is 0.899 bits per heavy atom. The molecule has 5 aliphatic rings. The molecule has 0 saturated carbocycles. The van der Waals surface area contributed by atoms with Crippen LogP contribution in [0.5, 0.6) is 0 Å². The molecule has 0 spiro atoms. The highest BCUT2D eigenvalue weighted by Gasteiger charge is 2.50. The second kappa shape index (κ2) is 19.6. The first kappa shape index (κ1) is 61.1. The lowest BCUT2D eigenvalue weighted by molar-refractivity contribution is 0.332. The summed E-state index contributed by atoms with van der Waals surface area (Å²) in [6.07, 6.45) is 4.64.